The van der Waals surface area contributed by atoms with Gasteiger partial charge in [0.1, 0.15) is 12.2 Å². The van der Waals surface area contributed by atoms with Gasteiger partial charge in [-0.25, -0.2) is 9.98 Å². The van der Waals surface area contributed by atoms with Crippen molar-refractivity contribution in [3.63, 3.8) is 0 Å². The molecule has 0 saturated carbocycles. The van der Waals surface area contributed by atoms with E-state index >= 15 is 0 Å². The molecule has 0 aliphatic heterocycles. The van der Waals surface area contributed by atoms with Crippen molar-refractivity contribution in [2.45, 2.75) is 6.42 Å². The fourth-order valence-electron chi connectivity index (χ4n) is 2.53. The van der Waals surface area contributed by atoms with Crippen molar-refractivity contribution in [1.82, 2.24) is 19.4 Å². The van der Waals surface area contributed by atoms with E-state index in [1.165, 1.54) is 16.8 Å². The fraction of sp³-hybridized carbons (Fsp3) is 0.294. The summed E-state index contributed by atoms with van der Waals surface area (Å²) >= 11 is 0. The Kier molecular flexibility index (Phi) is 9.21. The number of aromatic nitrogens is 3. The van der Waals surface area contributed by atoms with E-state index in [1.807, 2.05) is 0 Å². The number of guanidine groups is 1. The summed E-state index contributed by atoms with van der Waals surface area (Å²) < 4.78 is 2.98. The highest BCUT2D eigenvalue weighted by Gasteiger charge is 2.18. The molecule has 2 rings (SSSR count). The number of hydrogen-bond donors (Lipinski definition) is 7. The summed E-state index contributed by atoms with van der Waals surface area (Å²) in [6.45, 7) is -0.0479. The highest BCUT2D eigenvalue weighted by atomic mass is 35.5. The van der Waals surface area contributed by atoms with Crippen LogP contribution >= 0.6 is 12.4 Å². The van der Waals surface area contributed by atoms with Crippen LogP contribution in [0.3, 0.4) is 0 Å². The van der Waals surface area contributed by atoms with Crippen LogP contribution in [0.15, 0.2) is 23.5 Å². The molecular formula is C17H26ClN11O3. The zero-order chi connectivity index (χ0) is 23.1. The average molecular weight is 468 g/mol. The molecular weight excluding hydrogens is 442 g/mol. The van der Waals surface area contributed by atoms with E-state index < -0.39 is 11.8 Å². The summed E-state index contributed by atoms with van der Waals surface area (Å²) in [5, 5.41) is 14.9. The second-order valence-electron chi connectivity index (χ2n) is 6.56. The summed E-state index contributed by atoms with van der Waals surface area (Å²) in [7, 11) is 3.24. The molecule has 0 unspecified atom stereocenters. The molecule has 0 bridgehead atoms. The maximum atomic E-state index is 12.6. The van der Waals surface area contributed by atoms with Crippen LogP contribution in [-0.2, 0) is 18.9 Å². The highest BCUT2D eigenvalue weighted by molar-refractivity contribution is 6.03. The lowest BCUT2D eigenvalue weighted by atomic mass is 10.3. The predicted molar refractivity (Wildman–Crippen MR) is 122 cm³/mol. The van der Waals surface area contributed by atoms with Crippen LogP contribution in [0.25, 0.3) is 0 Å². The summed E-state index contributed by atoms with van der Waals surface area (Å²) in [5.74, 6) is -1.46. The number of anilines is 2. The molecule has 0 atom stereocenters. The molecule has 0 spiro atoms. The van der Waals surface area contributed by atoms with Gasteiger partial charge >= 0.3 is 0 Å². The van der Waals surface area contributed by atoms with Crippen LogP contribution in [0.5, 0.6) is 0 Å². The SMILES string of the molecule is Cl.Cn1cc(NC(=O)c2nc(NC(=O)CN=C(N)N)cn2C)cc1C(=O)NCCC(=N)N. The number of amides is 3. The minimum absolute atomic E-state index is 0. The normalized spacial score (nSPS) is 9.94. The lowest BCUT2D eigenvalue weighted by Gasteiger charge is -2.04. The van der Waals surface area contributed by atoms with Gasteiger partial charge in [-0.3, -0.25) is 19.8 Å². The maximum absolute atomic E-state index is 12.6. The molecule has 0 radical (unpaired) electrons. The number of hydrogen-bond acceptors (Lipinski definition) is 6. The third-order valence-corrected chi connectivity index (χ3v) is 3.93. The van der Waals surface area contributed by atoms with Gasteiger partial charge in [-0.1, -0.05) is 0 Å². The number of carbonyl (C=O) groups excluding carboxylic acids is 3. The Labute approximate surface area is 189 Å². The first-order valence-electron chi connectivity index (χ1n) is 9.04. The topological polar surface area (TPSA) is 224 Å². The molecule has 32 heavy (non-hydrogen) atoms. The third-order valence-electron chi connectivity index (χ3n) is 3.93. The maximum Gasteiger partial charge on any atom is 0.291 e. The Hall–Kier alpha value is -4.07. The van der Waals surface area contributed by atoms with Gasteiger partial charge in [0, 0.05) is 39.5 Å². The van der Waals surface area contributed by atoms with Gasteiger partial charge in [-0.2, -0.15) is 0 Å². The first-order valence-corrected chi connectivity index (χ1v) is 9.04. The molecule has 0 aromatic carbocycles. The Morgan fingerprint density at radius 1 is 1.09 bits per heavy atom. The van der Waals surface area contributed by atoms with Crippen LogP contribution in [0.2, 0.25) is 0 Å². The Balaban J connectivity index is 0.00000512. The summed E-state index contributed by atoms with van der Waals surface area (Å²) in [6, 6.07) is 1.50. The van der Waals surface area contributed by atoms with Crippen molar-refractivity contribution in [2.24, 2.45) is 36.3 Å². The van der Waals surface area contributed by atoms with E-state index in [2.05, 4.69) is 25.9 Å². The third kappa shape index (κ3) is 7.32. The Morgan fingerprint density at radius 3 is 2.41 bits per heavy atom. The molecule has 15 heteroatoms. The molecule has 2 aromatic heterocycles. The molecule has 2 aromatic rings. The number of halogens is 1. The minimum atomic E-state index is -0.540. The molecule has 10 N–H and O–H groups in total. The smallest absolute Gasteiger partial charge is 0.291 e. The molecule has 3 amide bonds. The van der Waals surface area contributed by atoms with Crippen LogP contribution in [-0.4, -0.2) is 56.7 Å². The van der Waals surface area contributed by atoms with Gasteiger partial charge in [-0.15, -0.1) is 12.4 Å². The molecule has 14 nitrogen and oxygen atoms in total. The van der Waals surface area contributed by atoms with Crippen LogP contribution < -0.4 is 33.2 Å². The molecule has 0 aliphatic carbocycles. The van der Waals surface area contributed by atoms with E-state index in [4.69, 9.17) is 22.6 Å². The van der Waals surface area contributed by atoms with Gasteiger partial charge in [0.25, 0.3) is 11.8 Å². The number of nitrogens with one attached hydrogen (secondary N) is 4. The Bertz CT molecular complexity index is 1040. The largest absolute Gasteiger partial charge is 0.388 e. The minimum Gasteiger partial charge on any atom is -0.388 e. The first-order chi connectivity index (χ1) is 14.6. The van der Waals surface area contributed by atoms with Gasteiger partial charge in [-0.05, 0) is 6.07 Å². The fourth-order valence-corrected chi connectivity index (χ4v) is 2.53. The predicted octanol–water partition coefficient (Wildman–Crippen LogP) is -1.30. The van der Waals surface area contributed by atoms with Crippen LogP contribution in [0.4, 0.5) is 11.5 Å². The summed E-state index contributed by atoms with van der Waals surface area (Å²) in [4.78, 5) is 44.3. The second kappa shape index (κ2) is 11.4. The van der Waals surface area contributed by atoms with E-state index in [9.17, 15) is 14.4 Å². The number of aliphatic imine (C=N–C) groups is 1. The Morgan fingerprint density at radius 2 is 1.78 bits per heavy atom. The number of nitrogens with two attached hydrogens (primary N) is 3. The number of nitrogens with zero attached hydrogens (tertiary/aromatic N) is 4. The summed E-state index contributed by atoms with van der Waals surface area (Å²) in [5.41, 5.74) is 16.3. The van der Waals surface area contributed by atoms with Gasteiger partial charge in [0.15, 0.2) is 11.8 Å². The van der Waals surface area contributed by atoms with Crippen molar-refractivity contribution in [3.8, 4) is 0 Å². The lowest BCUT2D eigenvalue weighted by Crippen LogP contribution is -2.28. The van der Waals surface area contributed by atoms with E-state index in [0.717, 1.165) is 0 Å². The lowest BCUT2D eigenvalue weighted by molar-refractivity contribution is -0.114. The van der Waals surface area contributed by atoms with E-state index in [0.29, 0.717) is 11.4 Å². The molecule has 0 saturated heterocycles. The number of rotatable bonds is 9. The number of amidine groups is 1. The van der Waals surface area contributed by atoms with Gasteiger partial charge in [0.05, 0.1) is 11.5 Å². The highest BCUT2D eigenvalue weighted by Crippen LogP contribution is 2.15. The quantitative estimate of drug-likeness (QED) is 0.174. The second-order valence-corrected chi connectivity index (χ2v) is 6.56. The standard InChI is InChI=1S/C17H25N11O3.ClH/c1-27-7-9(5-10(27)15(30)22-4-3-11(18)19)24-16(31)14-26-12(8-28(14)2)25-13(29)6-23-17(20)21;/h5,7-8H,3-4,6H2,1-2H3,(H3,18,19)(H,22,30)(H,24,31)(H,25,29)(H4,20,21,23);1H. The van der Waals surface area contributed by atoms with Crippen molar-refractivity contribution >= 4 is 53.4 Å². The van der Waals surface area contributed by atoms with Crippen molar-refractivity contribution in [3.05, 3.63) is 30.0 Å². The first kappa shape index (κ1) is 26.0. The van der Waals surface area contributed by atoms with Crippen molar-refractivity contribution < 1.29 is 14.4 Å². The van der Waals surface area contributed by atoms with E-state index in [1.54, 1.807) is 24.9 Å². The molecule has 2 heterocycles. The van der Waals surface area contributed by atoms with Gasteiger partial charge < -0.3 is 42.3 Å². The van der Waals surface area contributed by atoms with Crippen molar-refractivity contribution in [2.75, 3.05) is 23.7 Å². The average Bonchev–Trinajstić information content (AvgIpc) is 3.21. The van der Waals surface area contributed by atoms with Crippen LogP contribution in [0.1, 0.15) is 27.5 Å². The van der Waals surface area contributed by atoms with Crippen molar-refractivity contribution in [1.29, 1.82) is 5.41 Å². The van der Waals surface area contributed by atoms with Gasteiger partial charge in [0.2, 0.25) is 11.7 Å². The van der Waals surface area contributed by atoms with E-state index in [-0.39, 0.29) is 61.3 Å². The number of imidazole rings is 1. The molecule has 0 aliphatic rings. The zero-order valence-corrected chi connectivity index (χ0v) is 18.3. The molecule has 174 valence electrons. The monoisotopic (exact) mass is 467 g/mol. The van der Waals surface area contributed by atoms with Crippen LogP contribution in [0, 0.1) is 5.41 Å². The molecule has 0 fully saturated rings. The zero-order valence-electron chi connectivity index (χ0n) is 17.5. The summed E-state index contributed by atoms with van der Waals surface area (Å²) in [6.07, 6.45) is 3.27. The number of aryl methyl sites for hydroxylation is 2. The number of carbonyl (C=O) groups is 3.